The van der Waals surface area contributed by atoms with Crippen LogP contribution in [-0.4, -0.2) is 51.3 Å². The van der Waals surface area contributed by atoms with Crippen molar-refractivity contribution >= 4 is 5.97 Å². The van der Waals surface area contributed by atoms with Crippen molar-refractivity contribution in [2.24, 2.45) is 0 Å². The van der Waals surface area contributed by atoms with Crippen molar-refractivity contribution in [2.75, 3.05) is 6.61 Å². The van der Waals surface area contributed by atoms with Gasteiger partial charge in [-0.2, -0.15) is 0 Å². The molecule has 28 heavy (non-hydrogen) atoms. The fraction of sp³-hybridized carbons (Fsp3) is 0.318. The van der Waals surface area contributed by atoms with Gasteiger partial charge < -0.3 is 25.2 Å². The van der Waals surface area contributed by atoms with Gasteiger partial charge in [0.25, 0.3) is 0 Å². The van der Waals surface area contributed by atoms with Crippen LogP contribution in [0.25, 0.3) is 0 Å². The Bertz CT molecular complexity index is 712. The minimum Gasteiger partial charge on any atom is -0.491 e. The Morgan fingerprint density at radius 2 is 1.75 bits per heavy atom. The fourth-order valence-corrected chi connectivity index (χ4v) is 2.05. The summed E-state index contributed by atoms with van der Waals surface area (Å²) in [7, 11) is 0. The van der Waals surface area contributed by atoms with E-state index in [1.54, 1.807) is 30.4 Å². The van der Waals surface area contributed by atoms with Gasteiger partial charge in [-0.05, 0) is 43.2 Å². The summed E-state index contributed by atoms with van der Waals surface area (Å²) in [5, 5.41) is 37.7. The monoisotopic (exact) mass is 386 g/mol. The number of aliphatic hydroxyl groups excluding tert-OH is 3. The first kappa shape index (κ1) is 23.2. The SMILES string of the molecule is O=C(O)CCC[C@H](O)[C@H](O)/C=C/C=C/C#C/C=C/C(O)COc1ccccc1. The third-order valence-electron chi connectivity index (χ3n) is 3.53. The predicted octanol–water partition coefficient (Wildman–Crippen LogP) is 2.08. The van der Waals surface area contributed by atoms with Crippen LogP contribution in [0.2, 0.25) is 0 Å². The van der Waals surface area contributed by atoms with Gasteiger partial charge in [0.1, 0.15) is 18.5 Å². The first-order valence-corrected chi connectivity index (χ1v) is 8.94. The molecule has 1 rings (SSSR count). The van der Waals surface area contributed by atoms with Crippen LogP contribution >= 0.6 is 0 Å². The molecule has 0 spiro atoms. The lowest BCUT2D eigenvalue weighted by Gasteiger charge is -2.13. The first-order valence-electron chi connectivity index (χ1n) is 8.94. The molecule has 3 atom stereocenters. The number of benzene rings is 1. The summed E-state index contributed by atoms with van der Waals surface area (Å²) in [6.45, 7) is 0.132. The quantitative estimate of drug-likeness (QED) is 0.343. The second kappa shape index (κ2) is 14.2. The Balaban J connectivity index is 2.25. The van der Waals surface area contributed by atoms with Crippen LogP contribution in [0.5, 0.6) is 5.75 Å². The second-order valence-electron chi connectivity index (χ2n) is 5.93. The van der Waals surface area contributed by atoms with E-state index in [9.17, 15) is 20.1 Å². The summed E-state index contributed by atoms with van der Waals surface area (Å²) in [6.07, 6.45) is 6.80. The average molecular weight is 386 g/mol. The van der Waals surface area contributed by atoms with E-state index >= 15 is 0 Å². The summed E-state index contributed by atoms with van der Waals surface area (Å²) in [6, 6.07) is 9.19. The maximum atomic E-state index is 10.4. The molecule has 1 unspecified atom stereocenters. The van der Waals surface area contributed by atoms with Crippen molar-refractivity contribution in [3.63, 3.8) is 0 Å². The zero-order valence-corrected chi connectivity index (χ0v) is 15.5. The van der Waals surface area contributed by atoms with Gasteiger partial charge in [0.2, 0.25) is 0 Å². The molecule has 0 aliphatic heterocycles. The predicted molar refractivity (Wildman–Crippen MR) is 107 cm³/mol. The number of para-hydroxylation sites is 1. The van der Waals surface area contributed by atoms with Crippen molar-refractivity contribution in [2.45, 2.75) is 37.6 Å². The number of rotatable bonds is 11. The maximum absolute atomic E-state index is 10.4. The molecule has 0 saturated heterocycles. The van der Waals surface area contributed by atoms with Crippen LogP contribution in [0.1, 0.15) is 19.3 Å². The molecule has 150 valence electrons. The number of ether oxygens (including phenoxy) is 1. The number of hydrogen-bond donors (Lipinski definition) is 4. The number of hydrogen-bond acceptors (Lipinski definition) is 5. The van der Waals surface area contributed by atoms with Gasteiger partial charge in [0.05, 0.1) is 12.2 Å². The van der Waals surface area contributed by atoms with Crippen molar-refractivity contribution in [1.29, 1.82) is 0 Å². The largest absolute Gasteiger partial charge is 0.491 e. The lowest BCUT2D eigenvalue weighted by molar-refractivity contribution is -0.137. The lowest BCUT2D eigenvalue weighted by Crippen LogP contribution is -2.23. The summed E-state index contributed by atoms with van der Waals surface area (Å²) in [5.41, 5.74) is 0. The smallest absolute Gasteiger partial charge is 0.303 e. The molecule has 6 heteroatoms. The molecule has 0 fully saturated rings. The highest BCUT2D eigenvalue weighted by atomic mass is 16.5. The maximum Gasteiger partial charge on any atom is 0.303 e. The molecule has 0 amide bonds. The second-order valence-corrected chi connectivity index (χ2v) is 5.93. The Morgan fingerprint density at radius 1 is 1.04 bits per heavy atom. The van der Waals surface area contributed by atoms with Crippen LogP contribution in [0, 0.1) is 11.8 Å². The van der Waals surface area contributed by atoms with Crippen LogP contribution < -0.4 is 4.74 Å². The molecule has 0 aliphatic carbocycles. The molecular weight excluding hydrogens is 360 g/mol. The molecular formula is C22H26O6. The highest BCUT2D eigenvalue weighted by Gasteiger charge is 2.12. The highest BCUT2D eigenvalue weighted by molar-refractivity contribution is 5.66. The van der Waals surface area contributed by atoms with Crippen molar-refractivity contribution in [3.8, 4) is 17.6 Å². The number of carbonyl (C=O) groups is 1. The van der Waals surface area contributed by atoms with E-state index in [2.05, 4.69) is 11.8 Å². The molecule has 1 aromatic rings. The Labute approximate surface area is 165 Å². The third kappa shape index (κ3) is 11.7. The summed E-state index contributed by atoms with van der Waals surface area (Å²) >= 11 is 0. The minimum atomic E-state index is -1.06. The number of carboxylic acid groups (broad SMARTS) is 1. The van der Waals surface area contributed by atoms with Crippen molar-refractivity contribution in [1.82, 2.24) is 0 Å². The lowest BCUT2D eigenvalue weighted by atomic mass is 10.1. The number of carboxylic acids is 1. The zero-order chi connectivity index (χ0) is 20.6. The van der Waals surface area contributed by atoms with Crippen LogP contribution in [0.4, 0.5) is 0 Å². The molecule has 4 N–H and O–H groups in total. The van der Waals surface area contributed by atoms with Crippen molar-refractivity contribution < 1.29 is 30.0 Å². The highest BCUT2D eigenvalue weighted by Crippen LogP contribution is 2.08. The van der Waals surface area contributed by atoms with E-state index < -0.39 is 24.3 Å². The summed E-state index contributed by atoms with van der Waals surface area (Å²) < 4.78 is 5.41. The van der Waals surface area contributed by atoms with Gasteiger partial charge in [-0.15, -0.1) is 0 Å². The van der Waals surface area contributed by atoms with Crippen LogP contribution in [-0.2, 0) is 4.79 Å². The molecule has 0 aromatic heterocycles. The first-order chi connectivity index (χ1) is 13.5. The summed E-state index contributed by atoms with van der Waals surface area (Å²) in [5.74, 6) is 5.22. The molecule has 0 heterocycles. The zero-order valence-electron chi connectivity index (χ0n) is 15.5. The van der Waals surface area contributed by atoms with E-state index in [4.69, 9.17) is 9.84 Å². The molecule has 0 aliphatic rings. The number of aliphatic carboxylic acids is 1. The van der Waals surface area contributed by atoms with Gasteiger partial charge in [0, 0.05) is 6.42 Å². The Kier molecular flexibility index (Phi) is 11.8. The minimum absolute atomic E-state index is 0.0381. The fourth-order valence-electron chi connectivity index (χ4n) is 2.05. The Hall–Kier alpha value is -2.85. The van der Waals surface area contributed by atoms with Gasteiger partial charge in [-0.1, -0.05) is 48.3 Å². The Morgan fingerprint density at radius 3 is 2.46 bits per heavy atom. The van der Waals surface area contributed by atoms with E-state index in [0.717, 1.165) is 0 Å². The third-order valence-corrected chi connectivity index (χ3v) is 3.53. The molecule has 0 radical (unpaired) electrons. The van der Waals surface area contributed by atoms with Gasteiger partial charge in [0.15, 0.2) is 0 Å². The van der Waals surface area contributed by atoms with Crippen LogP contribution in [0.15, 0.2) is 66.8 Å². The average Bonchev–Trinajstić information content (AvgIpc) is 2.68. The molecule has 6 nitrogen and oxygen atoms in total. The standard InChI is InChI=1S/C22H26O6/c23-18(17-28-19-12-7-5-8-13-19)11-6-3-1-2-4-9-14-20(24)21(25)15-10-16-22(26)27/h2,4-9,11-14,18,20-21,23-25H,10,15-17H2,(H,26,27)/b4-2+,11-6+,14-9+/t18?,20-,21+/m1/s1. The summed E-state index contributed by atoms with van der Waals surface area (Å²) in [4.78, 5) is 10.4. The van der Waals surface area contributed by atoms with Crippen molar-refractivity contribution in [3.05, 3.63) is 66.8 Å². The topological polar surface area (TPSA) is 107 Å². The number of allylic oxidation sites excluding steroid dienone is 4. The normalized spacial score (nSPS) is 14.7. The van der Waals surface area contributed by atoms with Gasteiger partial charge in [-0.3, -0.25) is 4.79 Å². The van der Waals surface area contributed by atoms with Gasteiger partial charge >= 0.3 is 5.97 Å². The van der Waals surface area contributed by atoms with E-state index in [1.807, 2.05) is 18.2 Å². The van der Waals surface area contributed by atoms with E-state index in [0.29, 0.717) is 12.2 Å². The molecule has 1 aromatic carbocycles. The van der Waals surface area contributed by atoms with E-state index in [1.165, 1.54) is 18.2 Å². The van der Waals surface area contributed by atoms with Gasteiger partial charge in [-0.25, -0.2) is 0 Å². The molecule has 0 bridgehead atoms. The molecule has 0 saturated carbocycles. The van der Waals surface area contributed by atoms with E-state index in [-0.39, 0.29) is 19.4 Å². The van der Waals surface area contributed by atoms with Crippen LogP contribution in [0.3, 0.4) is 0 Å². The number of aliphatic hydroxyl groups is 3.